The zero-order valence-corrected chi connectivity index (χ0v) is 11.9. The first-order chi connectivity index (χ1) is 9.82. The molecule has 4 rings (SSSR count). The molecule has 13 heteroatoms. The quantitative estimate of drug-likeness (QED) is 0.272. The Labute approximate surface area is 122 Å². The highest BCUT2D eigenvalue weighted by molar-refractivity contribution is 4.79. The Morgan fingerprint density at radius 2 is 1.24 bits per heavy atom. The summed E-state index contributed by atoms with van der Waals surface area (Å²) in [6.07, 6.45) is 0. The molecule has 4 fully saturated rings. The molecule has 0 radical (unpaired) electrons. The van der Waals surface area contributed by atoms with Crippen molar-refractivity contribution in [1.82, 2.24) is 19.6 Å². The fraction of sp³-hybridized carbons (Fsp3) is 1.00. The van der Waals surface area contributed by atoms with Crippen LogP contribution in [0.1, 0.15) is 0 Å². The molecule has 122 valence electrons. The largest absolute Gasteiger partial charge is 0.311 e. The maximum atomic E-state index is 9.64. The van der Waals surface area contributed by atoms with E-state index in [-0.39, 0.29) is 0 Å². The van der Waals surface area contributed by atoms with Crippen molar-refractivity contribution in [1.29, 1.82) is 0 Å². The lowest BCUT2D eigenvalue weighted by atomic mass is 10.4. The second kappa shape index (κ2) is 6.95. The minimum absolute atomic E-state index is 0.596. The summed E-state index contributed by atoms with van der Waals surface area (Å²) in [5.41, 5.74) is 0. The molecule has 0 amide bonds. The van der Waals surface area contributed by atoms with E-state index in [1.807, 2.05) is 0 Å². The first-order valence-corrected chi connectivity index (χ1v) is 7.27. The summed E-state index contributed by atoms with van der Waals surface area (Å²) in [6, 6.07) is 0. The topological polar surface area (TPSA) is 144 Å². The van der Waals surface area contributed by atoms with Gasteiger partial charge in [-0.25, -0.2) is 0 Å². The molecular formula is C8H16ClN5O7. The maximum absolute atomic E-state index is 9.64. The smallest absolute Gasteiger partial charge is 0.294 e. The van der Waals surface area contributed by atoms with Gasteiger partial charge in [0, 0.05) is 0 Å². The van der Waals surface area contributed by atoms with Crippen LogP contribution in [0.4, 0.5) is 0 Å². The molecule has 4 heterocycles. The third-order valence-electron chi connectivity index (χ3n) is 2.89. The third-order valence-corrected chi connectivity index (χ3v) is 3.31. The highest BCUT2D eigenvalue weighted by atomic mass is 35.7. The Kier molecular flexibility index (Phi) is 5.48. The summed E-state index contributed by atoms with van der Waals surface area (Å²) in [7, 11) is -4.52. The third kappa shape index (κ3) is 5.82. The van der Waals surface area contributed by atoms with Gasteiger partial charge < -0.3 is 4.84 Å². The van der Waals surface area contributed by atoms with Crippen LogP contribution < -0.4 is 14.0 Å². The van der Waals surface area contributed by atoms with Crippen LogP contribution in [0.25, 0.3) is 0 Å². The number of hydrogen-bond acceptors (Lipinski definition) is 11. The second-order valence-corrected chi connectivity index (χ2v) is 5.75. The Hall–Kier alpha value is -0.830. The Morgan fingerprint density at radius 3 is 1.52 bits per heavy atom. The van der Waals surface area contributed by atoms with E-state index in [1.54, 1.807) is 0 Å². The molecule has 0 aromatic carbocycles. The molecule has 4 aliphatic heterocycles. The summed E-state index contributed by atoms with van der Waals surface area (Å²) in [6.45, 7) is 5.86. The average molecular weight is 330 g/mol. The van der Waals surface area contributed by atoms with Crippen molar-refractivity contribution in [3.05, 3.63) is 10.1 Å². The van der Waals surface area contributed by atoms with E-state index in [0.717, 1.165) is 0 Å². The SMILES string of the molecule is C1N2CN3CN1CN(C2)C3.O=[N+]([O-])OCCO[Cl+3]([O-])([O-])[O-]. The lowest BCUT2D eigenvalue weighted by molar-refractivity contribution is -1.92. The molecule has 0 aromatic rings. The van der Waals surface area contributed by atoms with E-state index < -0.39 is 28.5 Å². The van der Waals surface area contributed by atoms with Crippen LogP contribution in [0.2, 0.25) is 0 Å². The average Bonchev–Trinajstić information content (AvgIpc) is 2.32. The minimum atomic E-state index is -4.52. The van der Waals surface area contributed by atoms with Crippen molar-refractivity contribution in [2.45, 2.75) is 0 Å². The van der Waals surface area contributed by atoms with E-state index in [1.165, 1.54) is 40.0 Å². The molecule has 0 atom stereocenters. The van der Waals surface area contributed by atoms with Gasteiger partial charge in [-0.15, -0.1) is 10.1 Å². The normalized spacial score (nSPS) is 33.3. The second-order valence-electron chi connectivity index (χ2n) is 4.78. The molecule has 12 nitrogen and oxygen atoms in total. The Bertz CT molecular complexity index is 311. The van der Waals surface area contributed by atoms with Crippen LogP contribution in [0.3, 0.4) is 0 Å². The van der Waals surface area contributed by atoms with Gasteiger partial charge in [0.2, 0.25) is 6.61 Å². The first kappa shape index (κ1) is 16.5. The molecule has 0 unspecified atom stereocenters. The van der Waals surface area contributed by atoms with Gasteiger partial charge >= 0.3 is 0 Å². The van der Waals surface area contributed by atoms with Crippen LogP contribution in [0.15, 0.2) is 0 Å². The molecule has 0 aromatic heterocycles. The summed E-state index contributed by atoms with van der Waals surface area (Å²) < 4.78 is 32.5. The molecule has 4 saturated heterocycles. The van der Waals surface area contributed by atoms with Gasteiger partial charge in [-0.05, 0) is 0 Å². The monoisotopic (exact) mass is 329 g/mol. The van der Waals surface area contributed by atoms with Gasteiger partial charge in [-0.1, -0.05) is 0 Å². The van der Waals surface area contributed by atoms with E-state index >= 15 is 0 Å². The summed E-state index contributed by atoms with van der Waals surface area (Å²) >= 11 is 0. The molecule has 0 aliphatic carbocycles. The van der Waals surface area contributed by atoms with Crippen LogP contribution >= 0.6 is 0 Å². The predicted octanol–water partition coefficient (Wildman–Crippen LogP) is -4.91. The van der Waals surface area contributed by atoms with E-state index in [0.29, 0.717) is 0 Å². The first-order valence-electron chi connectivity index (χ1n) is 6.04. The lowest BCUT2D eigenvalue weighted by Gasteiger charge is -2.56. The van der Waals surface area contributed by atoms with Crippen LogP contribution in [0, 0.1) is 20.4 Å². The maximum Gasteiger partial charge on any atom is 0.294 e. The van der Waals surface area contributed by atoms with Crippen molar-refractivity contribution in [3.8, 4) is 0 Å². The molecule has 0 spiro atoms. The molecule has 0 N–H and O–H groups in total. The van der Waals surface area contributed by atoms with Crippen molar-refractivity contribution in [3.63, 3.8) is 0 Å². The lowest BCUT2D eigenvalue weighted by Crippen LogP contribution is -2.71. The van der Waals surface area contributed by atoms with Crippen molar-refractivity contribution in [2.75, 3.05) is 53.2 Å². The number of hydrogen-bond donors (Lipinski definition) is 0. The standard InChI is InChI=1S/C6H12N4.C2H4ClNO7/c1-7-2-9-4-8(1)5-10(3-7)6-9;5-3(6,7)10-1-2-11-4(8)9/h1-6H2;1-2H2. The zero-order valence-electron chi connectivity index (χ0n) is 11.1. The van der Waals surface area contributed by atoms with Crippen LogP contribution in [-0.2, 0) is 9.13 Å². The van der Waals surface area contributed by atoms with Gasteiger partial charge in [0.1, 0.15) is 6.61 Å². The highest BCUT2D eigenvalue weighted by Crippen LogP contribution is 2.20. The van der Waals surface area contributed by atoms with E-state index in [2.05, 4.69) is 28.7 Å². The fourth-order valence-electron chi connectivity index (χ4n) is 2.47. The van der Waals surface area contributed by atoms with Gasteiger partial charge in [-0.2, -0.15) is 14.0 Å². The summed E-state index contributed by atoms with van der Waals surface area (Å²) in [4.78, 5) is 22.9. The van der Waals surface area contributed by atoms with Gasteiger partial charge in [-0.3, -0.25) is 19.6 Å². The molecule has 4 aliphatic rings. The zero-order chi connectivity index (χ0) is 15.5. The van der Waals surface area contributed by atoms with E-state index in [4.69, 9.17) is 0 Å². The van der Waals surface area contributed by atoms with Gasteiger partial charge in [0.15, 0.2) is 0 Å². The number of nitrogens with zero attached hydrogens (tertiary/aromatic N) is 5. The highest BCUT2D eigenvalue weighted by Gasteiger charge is 2.36. The van der Waals surface area contributed by atoms with Crippen LogP contribution in [-0.4, -0.2) is 77.9 Å². The van der Waals surface area contributed by atoms with Crippen molar-refractivity contribution >= 4 is 0 Å². The Balaban J connectivity index is 0.000000153. The van der Waals surface area contributed by atoms with Gasteiger partial charge in [0.25, 0.3) is 5.09 Å². The fourth-order valence-corrected chi connectivity index (χ4v) is 2.72. The summed E-state index contributed by atoms with van der Waals surface area (Å²) in [5.74, 6) is 0. The number of rotatable bonds is 5. The van der Waals surface area contributed by atoms with Crippen LogP contribution in [0.5, 0.6) is 0 Å². The van der Waals surface area contributed by atoms with Crippen molar-refractivity contribution < 1.29 is 38.4 Å². The molecule has 21 heavy (non-hydrogen) atoms. The van der Waals surface area contributed by atoms with E-state index in [9.17, 15) is 24.1 Å². The van der Waals surface area contributed by atoms with Gasteiger partial charge in [0.05, 0.1) is 54.5 Å². The summed E-state index contributed by atoms with van der Waals surface area (Å²) in [5, 5.41) is 8.29. The molecule has 4 bridgehead atoms. The molecular weight excluding hydrogens is 314 g/mol. The molecule has 0 saturated carbocycles. The predicted molar refractivity (Wildman–Crippen MR) is 55.5 cm³/mol. The minimum Gasteiger partial charge on any atom is -0.311 e. The Morgan fingerprint density at radius 1 is 0.857 bits per heavy atom. The number of halogens is 1. The van der Waals surface area contributed by atoms with Crippen molar-refractivity contribution in [2.24, 2.45) is 0 Å².